The molecule has 7 heteroatoms. The quantitative estimate of drug-likeness (QED) is 0.655. The molecule has 0 spiro atoms. The zero-order chi connectivity index (χ0) is 19.3. The Kier molecular flexibility index (Phi) is 5.73. The molecule has 0 amide bonds. The SMILES string of the molecule is CCOc1ccc(CN2CCN(c3ncnc4[nH]ccc34)C[C@H]2CCO)cc1. The monoisotopic (exact) mass is 381 g/mol. The number of nitrogens with one attached hydrogen (secondary N) is 1. The van der Waals surface area contributed by atoms with Crippen molar-refractivity contribution in [2.24, 2.45) is 0 Å². The van der Waals surface area contributed by atoms with E-state index in [1.165, 1.54) is 5.56 Å². The third-order valence-electron chi connectivity index (χ3n) is 5.32. The molecule has 1 atom stereocenters. The van der Waals surface area contributed by atoms with Crippen LogP contribution in [0.1, 0.15) is 18.9 Å². The Balaban J connectivity index is 1.48. The smallest absolute Gasteiger partial charge is 0.142 e. The number of piperazine rings is 1. The van der Waals surface area contributed by atoms with E-state index in [2.05, 4.69) is 36.9 Å². The first-order valence-corrected chi connectivity index (χ1v) is 9.88. The molecule has 2 N–H and O–H groups in total. The Morgan fingerprint density at radius 2 is 2.04 bits per heavy atom. The van der Waals surface area contributed by atoms with Gasteiger partial charge in [0.1, 0.15) is 23.5 Å². The predicted octanol–water partition coefficient (Wildman–Crippen LogP) is 2.43. The maximum atomic E-state index is 9.60. The molecule has 2 aromatic heterocycles. The highest BCUT2D eigenvalue weighted by Gasteiger charge is 2.28. The second kappa shape index (κ2) is 8.58. The van der Waals surface area contributed by atoms with Crippen LogP contribution in [0.3, 0.4) is 0 Å². The Hall–Kier alpha value is -2.64. The van der Waals surface area contributed by atoms with Gasteiger partial charge in [-0.2, -0.15) is 0 Å². The second-order valence-corrected chi connectivity index (χ2v) is 7.10. The number of benzene rings is 1. The minimum absolute atomic E-state index is 0.182. The van der Waals surface area contributed by atoms with E-state index in [1.54, 1.807) is 6.33 Å². The molecule has 0 bridgehead atoms. The largest absolute Gasteiger partial charge is 0.494 e. The number of hydrogen-bond acceptors (Lipinski definition) is 6. The average Bonchev–Trinajstić information content (AvgIpc) is 3.20. The van der Waals surface area contributed by atoms with Crippen molar-refractivity contribution in [2.45, 2.75) is 25.9 Å². The zero-order valence-electron chi connectivity index (χ0n) is 16.2. The minimum atomic E-state index is 0.182. The van der Waals surface area contributed by atoms with E-state index >= 15 is 0 Å². The van der Waals surface area contributed by atoms with Crippen molar-refractivity contribution >= 4 is 16.9 Å². The summed E-state index contributed by atoms with van der Waals surface area (Å²) in [6.07, 6.45) is 4.26. The summed E-state index contributed by atoms with van der Waals surface area (Å²) in [5.41, 5.74) is 2.12. The van der Waals surface area contributed by atoms with Crippen molar-refractivity contribution < 1.29 is 9.84 Å². The highest BCUT2D eigenvalue weighted by molar-refractivity contribution is 5.87. The van der Waals surface area contributed by atoms with E-state index in [0.29, 0.717) is 6.61 Å². The molecule has 3 aromatic rings. The fraction of sp³-hybridized carbons (Fsp3) is 0.429. The molecule has 3 heterocycles. The molecule has 0 unspecified atom stereocenters. The molecule has 1 aromatic carbocycles. The van der Waals surface area contributed by atoms with Gasteiger partial charge in [0.25, 0.3) is 0 Å². The third-order valence-corrected chi connectivity index (χ3v) is 5.32. The number of H-pyrrole nitrogens is 1. The molecule has 4 rings (SSSR count). The Bertz CT molecular complexity index is 895. The number of aromatic amines is 1. The molecule has 1 saturated heterocycles. The van der Waals surface area contributed by atoms with Crippen molar-refractivity contribution in [1.29, 1.82) is 0 Å². The first-order chi connectivity index (χ1) is 13.8. The molecule has 1 fully saturated rings. The van der Waals surface area contributed by atoms with Crippen LogP contribution in [0, 0.1) is 0 Å². The predicted molar refractivity (Wildman–Crippen MR) is 110 cm³/mol. The van der Waals surface area contributed by atoms with E-state index in [9.17, 15) is 5.11 Å². The van der Waals surface area contributed by atoms with Gasteiger partial charge >= 0.3 is 0 Å². The summed E-state index contributed by atoms with van der Waals surface area (Å²) in [5.74, 6) is 1.87. The molecule has 28 heavy (non-hydrogen) atoms. The van der Waals surface area contributed by atoms with Gasteiger partial charge < -0.3 is 19.7 Å². The van der Waals surface area contributed by atoms with Gasteiger partial charge in [0.2, 0.25) is 0 Å². The first-order valence-electron chi connectivity index (χ1n) is 9.88. The maximum absolute atomic E-state index is 9.60. The topological polar surface area (TPSA) is 77.5 Å². The Labute approximate surface area is 165 Å². The lowest BCUT2D eigenvalue weighted by Gasteiger charge is -2.42. The van der Waals surface area contributed by atoms with Crippen LogP contribution in [-0.2, 0) is 6.54 Å². The first kappa shape index (κ1) is 18.7. The van der Waals surface area contributed by atoms with Crippen LogP contribution in [0.2, 0.25) is 0 Å². The van der Waals surface area contributed by atoms with E-state index < -0.39 is 0 Å². The number of ether oxygens (including phenoxy) is 1. The number of fused-ring (bicyclic) bond motifs is 1. The van der Waals surface area contributed by atoms with E-state index in [4.69, 9.17) is 4.74 Å². The van der Waals surface area contributed by atoms with Crippen molar-refractivity contribution in [1.82, 2.24) is 19.9 Å². The van der Waals surface area contributed by atoms with Gasteiger partial charge in [-0.05, 0) is 37.1 Å². The highest BCUT2D eigenvalue weighted by Crippen LogP contribution is 2.26. The van der Waals surface area contributed by atoms with Crippen LogP contribution in [0.15, 0.2) is 42.9 Å². The fourth-order valence-corrected chi connectivity index (χ4v) is 3.92. The molecule has 0 aliphatic carbocycles. The molecule has 1 aliphatic rings. The number of aromatic nitrogens is 3. The number of aliphatic hydroxyl groups is 1. The van der Waals surface area contributed by atoms with Crippen molar-refractivity contribution in [3.8, 4) is 5.75 Å². The summed E-state index contributed by atoms with van der Waals surface area (Å²) in [6, 6.07) is 10.6. The lowest BCUT2D eigenvalue weighted by Crippen LogP contribution is -2.53. The van der Waals surface area contributed by atoms with Crippen LogP contribution in [0.4, 0.5) is 5.82 Å². The normalized spacial score (nSPS) is 17.9. The van der Waals surface area contributed by atoms with E-state index in [1.807, 2.05) is 31.3 Å². The van der Waals surface area contributed by atoms with Crippen molar-refractivity contribution in [2.75, 3.05) is 37.7 Å². The van der Waals surface area contributed by atoms with Crippen LogP contribution in [-0.4, -0.2) is 63.8 Å². The summed E-state index contributed by atoms with van der Waals surface area (Å²) in [6.45, 7) is 6.39. The summed E-state index contributed by atoms with van der Waals surface area (Å²) in [5, 5.41) is 10.6. The van der Waals surface area contributed by atoms with Gasteiger partial charge in [0, 0.05) is 45.0 Å². The zero-order valence-corrected chi connectivity index (χ0v) is 16.2. The average molecular weight is 381 g/mol. The minimum Gasteiger partial charge on any atom is -0.494 e. The number of rotatable bonds is 7. The van der Waals surface area contributed by atoms with Gasteiger partial charge in [0.05, 0.1) is 12.0 Å². The molecule has 148 valence electrons. The van der Waals surface area contributed by atoms with Crippen molar-refractivity contribution in [3.05, 3.63) is 48.4 Å². The van der Waals surface area contributed by atoms with Gasteiger partial charge in [-0.3, -0.25) is 4.90 Å². The summed E-state index contributed by atoms with van der Waals surface area (Å²) in [7, 11) is 0. The molecule has 0 saturated carbocycles. The van der Waals surface area contributed by atoms with Crippen LogP contribution >= 0.6 is 0 Å². The maximum Gasteiger partial charge on any atom is 0.142 e. The highest BCUT2D eigenvalue weighted by atomic mass is 16.5. The van der Waals surface area contributed by atoms with Gasteiger partial charge in [-0.15, -0.1) is 0 Å². The Morgan fingerprint density at radius 3 is 2.82 bits per heavy atom. The van der Waals surface area contributed by atoms with E-state index in [-0.39, 0.29) is 12.6 Å². The standard InChI is InChI=1S/C21H27N5O2/c1-2-28-18-5-3-16(4-6-18)13-25-10-11-26(14-17(25)8-12-27)21-19-7-9-22-20(19)23-15-24-21/h3-7,9,15,17,27H,2,8,10-14H2,1H3,(H,22,23,24)/t17-/m1/s1. The van der Waals surface area contributed by atoms with Crippen molar-refractivity contribution in [3.63, 3.8) is 0 Å². The number of aliphatic hydroxyl groups excluding tert-OH is 1. The number of anilines is 1. The lowest BCUT2D eigenvalue weighted by atomic mass is 10.1. The number of nitrogens with zero attached hydrogens (tertiary/aromatic N) is 4. The third kappa shape index (κ3) is 3.95. The molecular weight excluding hydrogens is 354 g/mol. The van der Waals surface area contributed by atoms with Crippen LogP contribution in [0.25, 0.3) is 11.0 Å². The molecule has 1 aliphatic heterocycles. The summed E-state index contributed by atoms with van der Waals surface area (Å²) in [4.78, 5) is 16.7. The molecule has 7 nitrogen and oxygen atoms in total. The van der Waals surface area contributed by atoms with Crippen LogP contribution < -0.4 is 9.64 Å². The summed E-state index contributed by atoms with van der Waals surface area (Å²) < 4.78 is 5.53. The second-order valence-electron chi connectivity index (χ2n) is 7.10. The Morgan fingerprint density at radius 1 is 1.18 bits per heavy atom. The lowest BCUT2D eigenvalue weighted by molar-refractivity contribution is 0.135. The van der Waals surface area contributed by atoms with Crippen LogP contribution in [0.5, 0.6) is 5.75 Å². The number of hydrogen-bond donors (Lipinski definition) is 2. The molecule has 0 radical (unpaired) electrons. The summed E-state index contributed by atoms with van der Waals surface area (Å²) >= 11 is 0. The molecular formula is C21H27N5O2. The van der Waals surface area contributed by atoms with Gasteiger partial charge in [0.15, 0.2) is 0 Å². The van der Waals surface area contributed by atoms with E-state index in [0.717, 1.165) is 55.2 Å². The van der Waals surface area contributed by atoms with Gasteiger partial charge in [-0.1, -0.05) is 12.1 Å². The van der Waals surface area contributed by atoms with Gasteiger partial charge in [-0.25, -0.2) is 9.97 Å². The fourth-order valence-electron chi connectivity index (χ4n) is 3.92.